The van der Waals surface area contributed by atoms with Crippen LogP contribution in [-0.4, -0.2) is 85.7 Å². The number of hydrogen-bond acceptors (Lipinski definition) is 12. The summed E-state index contributed by atoms with van der Waals surface area (Å²) in [6.45, 7) is 10.8. The lowest BCUT2D eigenvalue weighted by Crippen LogP contribution is -2.29. The topological polar surface area (TPSA) is 238 Å². The van der Waals surface area contributed by atoms with E-state index < -0.39 is 5.97 Å². The lowest BCUT2D eigenvalue weighted by atomic mass is 10.3. The molecule has 0 aliphatic heterocycles. The molecule has 0 unspecified atom stereocenters. The van der Waals surface area contributed by atoms with Gasteiger partial charge in [0.15, 0.2) is 11.3 Å². The van der Waals surface area contributed by atoms with E-state index in [9.17, 15) is 24.0 Å². The van der Waals surface area contributed by atoms with Crippen molar-refractivity contribution in [3.63, 3.8) is 0 Å². The minimum absolute atomic E-state index is 0.0499. The Labute approximate surface area is 375 Å². The molecule has 66 heavy (non-hydrogen) atoms. The molecule has 0 saturated carbocycles. The molecule has 19 heteroatoms. The van der Waals surface area contributed by atoms with Gasteiger partial charge < -0.3 is 29.4 Å². The Bertz CT molecular complexity index is 3350. The molecule has 338 valence electrons. The summed E-state index contributed by atoms with van der Waals surface area (Å²) in [6.07, 6.45) is 10.2. The molecule has 10 rings (SSSR count). The number of nitrogens with one attached hydrogen (secondary N) is 3. The molecule has 0 aliphatic carbocycles. The third kappa shape index (κ3) is 11.6. The van der Waals surface area contributed by atoms with Gasteiger partial charge in [-0.25, -0.2) is 4.98 Å². The third-order valence-electron chi connectivity index (χ3n) is 9.32. The zero-order valence-electron chi connectivity index (χ0n) is 36.9. The second-order valence-electron chi connectivity index (χ2n) is 14.0. The van der Waals surface area contributed by atoms with E-state index in [1.807, 2.05) is 62.5 Å². The molecular weight excluding hydrogens is 849 g/mol. The molecule has 0 saturated heterocycles. The van der Waals surface area contributed by atoms with E-state index in [1.54, 1.807) is 73.4 Å². The van der Waals surface area contributed by atoms with Crippen molar-refractivity contribution >= 4 is 78.9 Å². The number of rotatable bonds is 5. The molecule has 0 spiro atoms. The highest BCUT2D eigenvalue weighted by Gasteiger charge is 2.10. The van der Waals surface area contributed by atoms with Gasteiger partial charge in [-0.2, -0.15) is 15.0 Å². The van der Waals surface area contributed by atoms with Gasteiger partial charge in [-0.05, 0) is 80.6 Å². The molecule has 0 radical (unpaired) electrons. The first-order valence-corrected chi connectivity index (χ1v) is 20.5. The van der Waals surface area contributed by atoms with Crippen LogP contribution in [-0.2, 0) is 4.79 Å². The first-order chi connectivity index (χ1) is 31.8. The number of carbonyl (C=O) groups excluding carboxylic acids is 4. The van der Waals surface area contributed by atoms with Crippen LogP contribution >= 0.6 is 0 Å². The molecule has 0 bridgehead atoms. The van der Waals surface area contributed by atoms with E-state index in [0.717, 1.165) is 43.0 Å². The van der Waals surface area contributed by atoms with Gasteiger partial charge in [-0.15, -0.1) is 0 Å². The largest absolute Gasteiger partial charge is 0.478 e. The van der Waals surface area contributed by atoms with Crippen LogP contribution in [0.4, 0.5) is 0 Å². The number of ether oxygens (including phenoxy) is 3. The number of H-pyrrole nitrogens is 3. The zero-order valence-corrected chi connectivity index (χ0v) is 36.9. The van der Waals surface area contributed by atoms with Gasteiger partial charge in [0.2, 0.25) is 40.9 Å². The van der Waals surface area contributed by atoms with Crippen molar-refractivity contribution in [2.45, 2.75) is 41.5 Å². The maximum absolute atomic E-state index is 11.3. The van der Waals surface area contributed by atoms with Crippen molar-refractivity contribution in [2.24, 2.45) is 0 Å². The summed E-state index contributed by atoms with van der Waals surface area (Å²) < 4.78 is 20.8. The molecule has 4 N–H and O–H groups in total. The van der Waals surface area contributed by atoms with Crippen LogP contribution in [0, 0.1) is 0 Å². The Morgan fingerprint density at radius 3 is 1.70 bits per heavy atom. The smallest absolute Gasteiger partial charge is 0.325 e. The van der Waals surface area contributed by atoms with Gasteiger partial charge in [0.25, 0.3) is 0 Å². The molecule has 0 atom stereocenters. The standard InChI is InChI=1S/C11H10N2O3.C11H12N2O2.C9H8N2O2.C9H10N2O.C7H6N2O/c1-7(14)13-6-5-9-3-4-10(12-11(9)13)16-8(2)15;1-3-15-10-5-4-9-6-7-13(8(2)14)11(9)12-10;1-6(12)11-5-4-7-2-3-8(13)10-9(7)11;1-2-12-8-4-3-7-5-6-10-9(7)11-8;10-9-5-1-2-6-3-4-8-7(6)9/h3-6H,1-2H3;4-7H,3H2,1-2H3;2-5H,1H3,(H,10,13);3-6H,2H2,1H3,(H,10,11);1-5,10H/p+1. The van der Waals surface area contributed by atoms with Crippen molar-refractivity contribution in [2.75, 3.05) is 13.2 Å². The normalized spacial score (nSPS) is 10.5. The second kappa shape index (κ2) is 21.5. The van der Waals surface area contributed by atoms with Crippen molar-refractivity contribution in [3.05, 3.63) is 139 Å². The number of pyridine rings is 5. The number of aromatic amines is 3. The van der Waals surface area contributed by atoms with Gasteiger partial charge in [0.1, 0.15) is 17.5 Å². The van der Waals surface area contributed by atoms with Crippen LogP contribution in [0.25, 0.3) is 55.2 Å². The minimum Gasteiger partial charge on any atom is -0.478 e. The monoisotopic (exact) mass is 895 g/mol. The first-order valence-electron chi connectivity index (χ1n) is 20.5. The Balaban J connectivity index is 0.000000137. The predicted molar refractivity (Wildman–Crippen MR) is 246 cm³/mol. The van der Waals surface area contributed by atoms with Gasteiger partial charge in [-0.3, -0.25) is 37.7 Å². The van der Waals surface area contributed by atoms with Crippen LogP contribution in [0.15, 0.2) is 133 Å². The summed E-state index contributed by atoms with van der Waals surface area (Å²) in [5.74, 6) is 0.679. The summed E-state index contributed by atoms with van der Waals surface area (Å²) in [5.41, 5.74) is 3.09. The van der Waals surface area contributed by atoms with Crippen molar-refractivity contribution < 1.29 is 43.3 Å². The fourth-order valence-corrected chi connectivity index (χ4v) is 6.37. The molecule has 0 amide bonds. The molecule has 0 aliphatic rings. The highest BCUT2D eigenvalue weighted by Crippen LogP contribution is 2.19. The lowest BCUT2D eigenvalue weighted by molar-refractivity contribution is -0.885. The van der Waals surface area contributed by atoms with E-state index in [0.29, 0.717) is 41.9 Å². The number of carbonyl (C=O) groups is 4. The maximum Gasteiger partial charge on any atom is 0.325 e. The Morgan fingerprint density at radius 2 is 1.11 bits per heavy atom. The molecule has 10 heterocycles. The molecule has 19 nitrogen and oxygen atoms in total. The SMILES string of the molecule is CC(=O)Oc1ccc2ccn(C(C)=O)c2n1.CC(=O)n1ccc2ccc(=O)[nH]c21.CCOc1ccc2cc[nH]c2n1.CCOc1ccc2ccn(C(C)=O)c2n1.O[n+]1cccc2cc[nH]c21. The van der Waals surface area contributed by atoms with Gasteiger partial charge >= 0.3 is 11.6 Å². The van der Waals surface area contributed by atoms with Crippen molar-refractivity contribution in [3.8, 4) is 17.6 Å². The molecule has 0 aromatic carbocycles. The summed E-state index contributed by atoms with van der Waals surface area (Å²) in [6, 6.07) is 27.1. The minimum atomic E-state index is -0.437. The van der Waals surface area contributed by atoms with Gasteiger partial charge in [-0.1, -0.05) is 4.73 Å². The number of fused-ring (bicyclic) bond motifs is 5. The van der Waals surface area contributed by atoms with Crippen molar-refractivity contribution in [1.82, 2.24) is 43.6 Å². The van der Waals surface area contributed by atoms with E-state index in [1.165, 1.54) is 47.5 Å². The number of aromatic nitrogens is 10. The van der Waals surface area contributed by atoms with E-state index in [-0.39, 0.29) is 29.2 Å². The Kier molecular flexibility index (Phi) is 15.2. The second-order valence-corrected chi connectivity index (χ2v) is 14.0. The fraction of sp³-hybridized carbons (Fsp3) is 0.170. The molecule has 10 aromatic heterocycles. The summed E-state index contributed by atoms with van der Waals surface area (Å²) in [7, 11) is 0. The Hall–Kier alpha value is -8.87. The fourth-order valence-electron chi connectivity index (χ4n) is 6.37. The molecule has 0 fully saturated rings. The lowest BCUT2D eigenvalue weighted by Gasteiger charge is -2.03. The quantitative estimate of drug-likeness (QED) is 0.0753. The van der Waals surface area contributed by atoms with E-state index in [2.05, 4.69) is 29.9 Å². The summed E-state index contributed by atoms with van der Waals surface area (Å²) in [5, 5.41) is 13.9. The summed E-state index contributed by atoms with van der Waals surface area (Å²) in [4.78, 5) is 76.5. The van der Waals surface area contributed by atoms with E-state index >= 15 is 0 Å². The Morgan fingerprint density at radius 1 is 0.591 bits per heavy atom. The van der Waals surface area contributed by atoms with Crippen LogP contribution in [0.2, 0.25) is 0 Å². The molecular formula is C47H47N10O9+. The average molecular weight is 896 g/mol. The maximum atomic E-state index is 11.3. The highest BCUT2D eigenvalue weighted by atomic mass is 16.5. The predicted octanol–water partition coefficient (Wildman–Crippen LogP) is 7.36. The van der Waals surface area contributed by atoms with Crippen LogP contribution in [0.3, 0.4) is 0 Å². The molecule has 10 aromatic rings. The van der Waals surface area contributed by atoms with Gasteiger partial charge in [0.05, 0.1) is 24.8 Å². The number of esters is 1. The third-order valence-corrected chi connectivity index (χ3v) is 9.32. The van der Waals surface area contributed by atoms with Crippen LogP contribution in [0.1, 0.15) is 55.9 Å². The van der Waals surface area contributed by atoms with Crippen LogP contribution < -0.4 is 24.5 Å². The van der Waals surface area contributed by atoms with E-state index in [4.69, 9.17) is 19.4 Å². The van der Waals surface area contributed by atoms with Gasteiger partial charge in [0, 0.05) is 98.3 Å². The number of nitrogens with zero attached hydrogens (tertiary/aromatic N) is 7. The average Bonchev–Trinajstić information content (AvgIpc) is 4.14. The zero-order chi connectivity index (χ0) is 47.3. The summed E-state index contributed by atoms with van der Waals surface area (Å²) >= 11 is 0. The van der Waals surface area contributed by atoms with Crippen molar-refractivity contribution in [1.29, 1.82) is 0 Å². The number of hydrogen-bond donors (Lipinski definition) is 4. The van der Waals surface area contributed by atoms with Crippen LogP contribution in [0.5, 0.6) is 17.6 Å². The highest BCUT2D eigenvalue weighted by molar-refractivity contribution is 5.91. The first kappa shape index (κ1) is 46.6.